The van der Waals surface area contributed by atoms with Crippen LogP contribution in [0.2, 0.25) is 5.02 Å². The second-order valence-electron chi connectivity index (χ2n) is 9.71. The van der Waals surface area contributed by atoms with Crippen molar-refractivity contribution in [2.75, 3.05) is 0 Å². The average molecular weight is 585 g/mol. The number of carbonyl (C=O) groups excluding carboxylic acids is 2. The second kappa shape index (κ2) is 10.9. The Balaban J connectivity index is 1.52. The number of rotatable bonds is 6. The minimum absolute atomic E-state index is 0.189. The van der Waals surface area contributed by atoms with E-state index >= 15 is 0 Å². The highest BCUT2D eigenvalue weighted by Crippen LogP contribution is 2.49. The molecule has 1 aliphatic carbocycles. The highest BCUT2D eigenvalue weighted by molar-refractivity contribution is 7.99. The molecule has 6 aromatic rings. The van der Waals surface area contributed by atoms with Gasteiger partial charge >= 0.3 is 0 Å². The second-order valence-corrected chi connectivity index (χ2v) is 11.3. The molecule has 42 heavy (non-hydrogen) atoms. The van der Waals surface area contributed by atoms with Crippen molar-refractivity contribution in [2.45, 2.75) is 9.79 Å². The average Bonchev–Trinajstić information content (AvgIpc) is 3.03. The number of fused-ring (bicyclic) bond motifs is 3. The quantitative estimate of drug-likeness (QED) is 0.195. The standard InChI is InChI=1S/C36H21ClO4S/c37-22-15-17-25(18-16-22)42-26-19-20-29-30(21-26)36(41-24-11-5-2-6-12-24)32-31(35(29)40-23-9-3-1-4-10-23)33(38)27-13-7-8-14-28(27)34(32)39/h1-21H. The zero-order chi connectivity index (χ0) is 28.6. The molecule has 6 aromatic carbocycles. The van der Waals surface area contributed by atoms with E-state index < -0.39 is 0 Å². The SMILES string of the molecule is O=C1c2ccccc2C(=O)c2c1c(Oc1ccccc1)c1ccc(Sc3ccc(Cl)cc3)cc1c2Oc1ccccc1. The molecule has 0 radical (unpaired) electrons. The van der Waals surface area contributed by atoms with Crippen LogP contribution >= 0.6 is 23.4 Å². The van der Waals surface area contributed by atoms with Gasteiger partial charge in [0.05, 0.1) is 11.1 Å². The summed E-state index contributed by atoms with van der Waals surface area (Å²) in [7, 11) is 0. The Bertz CT molecular complexity index is 1990. The normalized spacial score (nSPS) is 12.1. The largest absolute Gasteiger partial charge is 0.456 e. The van der Waals surface area contributed by atoms with Crippen molar-refractivity contribution >= 4 is 45.7 Å². The third-order valence-electron chi connectivity index (χ3n) is 7.03. The summed E-state index contributed by atoms with van der Waals surface area (Å²) in [5, 5.41) is 1.97. The number of carbonyl (C=O) groups is 2. The molecule has 0 saturated carbocycles. The Morgan fingerprint density at radius 1 is 0.500 bits per heavy atom. The maximum absolute atomic E-state index is 14.2. The lowest BCUT2D eigenvalue weighted by Gasteiger charge is -2.25. The summed E-state index contributed by atoms with van der Waals surface area (Å²) >= 11 is 7.66. The molecule has 0 aromatic heterocycles. The molecule has 7 rings (SSSR count). The van der Waals surface area contributed by atoms with Gasteiger partial charge in [-0.15, -0.1) is 0 Å². The van der Waals surface area contributed by atoms with Gasteiger partial charge in [-0.2, -0.15) is 0 Å². The topological polar surface area (TPSA) is 52.6 Å². The first kappa shape index (κ1) is 26.1. The van der Waals surface area contributed by atoms with Crippen molar-refractivity contribution in [1.82, 2.24) is 0 Å². The molecular formula is C36H21ClO4S. The molecule has 6 heteroatoms. The van der Waals surface area contributed by atoms with Crippen LogP contribution in [0.4, 0.5) is 0 Å². The summed E-state index contributed by atoms with van der Waals surface area (Å²) in [6.45, 7) is 0. The van der Waals surface area contributed by atoms with E-state index in [0.29, 0.717) is 49.9 Å². The van der Waals surface area contributed by atoms with E-state index in [4.69, 9.17) is 21.1 Å². The number of hydrogen-bond donors (Lipinski definition) is 0. The molecule has 0 heterocycles. The highest BCUT2D eigenvalue weighted by atomic mass is 35.5. The minimum Gasteiger partial charge on any atom is -0.456 e. The van der Waals surface area contributed by atoms with Crippen LogP contribution in [0.3, 0.4) is 0 Å². The Morgan fingerprint density at radius 3 is 1.52 bits per heavy atom. The van der Waals surface area contributed by atoms with Crippen LogP contribution < -0.4 is 9.47 Å². The smallest absolute Gasteiger partial charge is 0.198 e. The first-order chi connectivity index (χ1) is 20.6. The van der Waals surface area contributed by atoms with Gasteiger partial charge in [-0.3, -0.25) is 9.59 Å². The van der Waals surface area contributed by atoms with E-state index in [0.717, 1.165) is 9.79 Å². The van der Waals surface area contributed by atoms with Gasteiger partial charge in [0.25, 0.3) is 0 Å². The third-order valence-corrected chi connectivity index (χ3v) is 8.28. The van der Waals surface area contributed by atoms with Crippen LogP contribution in [-0.4, -0.2) is 11.6 Å². The van der Waals surface area contributed by atoms with Crippen molar-refractivity contribution in [3.05, 3.63) is 155 Å². The predicted molar refractivity (Wildman–Crippen MR) is 166 cm³/mol. The fourth-order valence-corrected chi connectivity index (χ4v) is 6.10. The first-order valence-corrected chi connectivity index (χ1v) is 14.5. The van der Waals surface area contributed by atoms with Crippen molar-refractivity contribution in [1.29, 1.82) is 0 Å². The number of ketones is 2. The van der Waals surface area contributed by atoms with Crippen LogP contribution in [0.5, 0.6) is 23.0 Å². The Hall–Kier alpha value is -4.84. The molecule has 1 aliphatic rings. The van der Waals surface area contributed by atoms with Gasteiger partial charge in [-0.05, 0) is 66.7 Å². The van der Waals surface area contributed by atoms with Gasteiger partial charge < -0.3 is 9.47 Å². The van der Waals surface area contributed by atoms with E-state index in [1.807, 2.05) is 103 Å². The summed E-state index contributed by atoms with van der Waals surface area (Å²) < 4.78 is 12.9. The van der Waals surface area contributed by atoms with Crippen molar-refractivity contribution < 1.29 is 19.1 Å². The molecule has 4 nitrogen and oxygen atoms in total. The van der Waals surface area contributed by atoms with Gasteiger partial charge in [0.15, 0.2) is 11.6 Å². The molecule has 0 amide bonds. The van der Waals surface area contributed by atoms with Crippen molar-refractivity contribution in [3.8, 4) is 23.0 Å². The molecule has 0 unspecified atom stereocenters. The van der Waals surface area contributed by atoms with Gasteiger partial charge in [-0.1, -0.05) is 84.0 Å². The van der Waals surface area contributed by atoms with Crippen LogP contribution in [-0.2, 0) is 0 Å². The fourth-order valence-electron chi connectivity index (χ4n) is 5.11. The summed E-state index contributed by atoms with van der Waals surface area (Å²) in [5.41, 5.74) is 1.06. The molecule has 0 saturated heterocycles. The fraction of sp³-hybridized carbons (Fsp3) is 0. The van der Waals surface area contributed by atoms with Gasteiger partial charge in [0.1, 0.15) is 23.0 Å². The van der Waals surface area contributed by atoms with Crippen LogP contribution in [0.15, 0.2) is 137 Å². The zero-order valence-electron chi connectivity index (χ0n) is 22.0. The monoisotopic (exact) mass is 584 g/mol. The maximum Gasteiger partial charge on any atom is 0.198 e. The summed E-state index contributed by atoms with van der Waals surface area (Å²) in [6, 6.07) is 38.9. The van der Waals surface area contributed by atoms with E-state index in [1.54, 1.807) is 36.0 Å². The summed E-state index contributed by atoms with van der Waals surface area (Å²) in [6.07, 6.45) is 0. The van der Waals surface area contributed by atoms with Gasteiger partial charge in [0.2, 0.25) is 0 Å². The lowest BCUT2D eigenvalue weighted by Crippen LogP contribution is -2.22. The highest BCUT2D eigenvalue weighted by Gasteiger charge is 2.37. The predicted octanol–water partition coefficient (Wildman–Crippen LogP) is 10.0. The van der Waals surface area contributed by atoms with E-state index in [1.165, 1.54) is 0 Å². The number of ether oxygens (including phenoxy) is 2. The summed E-state index contributed by atoms with van der Waals surface area (Å²) in [4.78, 5) is 30.3. The lowest BCUT2D eigenvalue weighted by molar-refractivity contribution is 0.0975. The molecule has 0 fully saturated rings. The maximum atomic E-state index is 14.2. The Labute approximate surface area is 251 Å². The van der Waals surface area contributed by atoms with E-state index in [-0.39, 0.29) is 22.7 Å². The number of benzene rings is 6. The van der Waals surface area contributed by atoms with Crippen molar-refractivity contribution in [3.63, 3.8) is 0 Å². The molecule has 202 valence electrons. The van der Waals surface area contributed by atoms with E-state index in [9.17, 15) is 9.59 Å². The van der Waals surface area contributed by atoms with Crippen molar-refractivity contribution in [2.24, 2.45) is 0 Å². The number of para-hydroxylation sites is 2. The van der Waals surface area contributed by atoms with Crippen LogP contribution in [0.25, 0.3) is 10.8 Å². The molecule has 0 N–H and O–H groups in total. The molecular weight excluding hydrogens is 564 g/mol. The molecule has 0 bridgehead atoms. The van der Waals surface area contributed by atoms with Gasteiger partial charge in [0, 0.05) is 36.7 Å². The minimum atomic E-state index is -0.290. The Morgan fingerprint density at radius 2 is 0.976 bits per heavy atom. The number of hydrogen-bond acceptors (Lipinski definition) is 5. The molecule has 0 spiro atoms. The van der Waals surface area contributed by atoms with Crippen LogP contribution in [0.1, 0.15) is 31.8 Å². The van der Waals surface area contributed by atoms with E-state index in [2.05, 4.69) is 0 Å². The Kier molecular flexibility index (Phi) is 6.74. The summed E-state index contributed by atoms with van der Waals surface area (Å²) in [5.74, 6) is 1.16. The van der Waals surface area contributed by atoms with Gasteiger partial charge in [-0.25, -0.2) is 0 Å². The zero-order valence-corrected chi connectivity index (χ0v) is 23.6. The van der Waals surface area contributed by atoms with Crippen LogP contribution in [0, 0.1) is 0 Å². The first-order valence-electron chi connectivity index (χ1n) is 13.3. The third kappa shape index (κ3) is 4.73. The molecule has 0 aliphatic heterocycles. The lowest BCUT2D eigenvalue weighted by atomic mass is 9.81. The number of halogens is 1. The molecule has 0 atom stereocenters.